The van der Waals surface area contributed by atoms with Crippen LogP contribution in [-0.2, 0) is 6.54 Å². The number of fused-ring (bicyclic) bond motifs is 2. The molecule has 4 rings (SSSR count). The number of hydrogen-bond donors (Lipinski definition) is 1. The molecule has 0 spiro atoms. The summed E-state index contributed by atoms with van der Waals surface area (Å²) in [5.74, 6) is 1.46. The highest BCUT2D eigenvalue weighted by Crippen LogP contribution is 2.32. The number of ether oxygens (including phenoxy) is 2. The summed E-state index contributed by atoms with van der Waals surface area (Å²) in [4.78, 5) is 18.5. The van der Waals surface area contributed by atoms with Crippen LogP contribution in [0.3, 0.4) is 0 Å². The second-order valence-electron chi connectivity index (χ2n) is 5.89. The molecule has 1 N–H and O–H groups in total. The highest BCUT2D eigenvalue weighted by atomic mass is 32.1. The average molecular weight is 355 g/mol. The van der Waals surface area contributed by atoms with Crippen molar-refractivity contribution in [3.05, 3.63) is 47.0 Å². The highest BCUT2D eigenvalue weighted by Gasteiger charge is 2.15. The van der Waals surface area contributed by atoms with Crippen LogP contribution in [0.2, 0.25) is 0 Å². The van der Waals surface area contributed by atoms with E-state index in [1.165, 1.54) is 0 Å². The Hall–Kier alpha value is -2.80. The van der Waals surface area contributed by atoms with Crippen LogP contribution in [0.1, 0.15) is 10.6 Å². The molecular formula is C18H17N3O3S. The van der Waals surface area contributed by atoms with E-state index in [0.29, 0.717) is 6.54 Å². The number of rotatable bonds is 3. The Labute approximate surface area is 149 Å². The molecule has 0 bridgehead atoms. The van der Waals surface area contributed by atoms with E-state index in [-0.39, 0.29) is 12.8 Å². The molecule has 2 heterocycles. The second-order valence-corrected chi connectivity index (χ2v) is 7.12. The normalized spacial score (nSPS) is 12.4. The summed E-state index contributed by atoms with van der Waals surface area (Å²) in [7, 11) is 1.76. The van der Waals surface area contributed by atoms with Gasteiger partial charge in [-0.1, -0.05) is 6.07 Å². The molecule has 7 heteroatoms. The number of nitrogens with one attached hydrogen (secondary N) is 1. The first-order valence-corrected chi connectivity index (χ1v) is 8.68. The maximum atomic E-state index is 12.4. The van der Waals surface area contributed by atoms with E-state index in [1.807, 2.05) is 43.3 Å². The van der Waals surface area contributed by atoms with Crippen LogP contribution in [0.4, 0.5) is 10.5 Å². The molecule has 3 aromatic rings. The number of carbonyl (C=O) groups is 1. The lowest BCUT2D eigenvalue weighted by atomic mass is 10.2. The first kappa shape index (κ1) is 15.7. The zero-order valence-corrected chi connectivity index (χ0v) is 14.7. The maximum Gasteiger partial charge on any atom is 0.321 e. The van der Waals surface area contributed by atoms with Crippen molar-refractivity contribution in [1.82, 2.24) is 9.88 Å². The third kappa shape index (κ3) is 3.23. The van der Waals surface area contributed by atoms with Crippen LogP contribution in [0, 0.1) is 6.92 Å². The smallest absolute Gasteiger partial charge is 0.321 e. The monoisotopic (exact) mass is 355 g/mol. The average Bonchev–Trinajstić information content (AvgIpc) is 3.19. The van der Waals surface area contributed by atoms with Crippen LogP contribution in [0.25, 0.3) is 10.2 Å². The van der Waals surface area contributed by atoms with Gasteiger partial charge in [0.1, 0.15) is 0 Å². The van der Waals surface area contributed by atoms with Crippen LogP contribution < -0.4 is 14.8 Å². The van der Waals surface area contributed by atoms with E-state index in [2.05, 4.69) is 10.3 Å². The SMILES string of the molecule is Cc1nc2ccc(NC(=O)N(C)Cc3ccc4c(c3)OCO4)cc2s1. The Kier molecular flexibility index (Phi) is 3.93. The predicted molar refractivity (Wildman–Crippen MR) is 97.4 cm³/mol. The summed E-state index contributed by atoms with van der Waals surface area (Å²) in [6, 6.07) is 11.3. The van der Waals surface area contributed by atoms with Gasteiger partial charge in [-0.3, -0.25) is 0 Å². The number of thiazole rings is 1. The van der Waals surface area contributed by atoms with Crippen molar-refractivity contribution in [3.63, 3.8) is 0 Å². The van der Waals surface area contributed by atoms with Gasteiger partial charge in [-0.25, -0.2) is 9.78 Å². The molecule has 1 aliphatic rings. The first-order valence-electron chi connectivity index (χ1n) is 7.86. The fourth-order valence-corrected chi connectivity index (χ4v) is 3.59. The number of anilines is 1. The van der Waals surface area contributed by atoms with Crippen molar-refractivity contribution in [2.24, 2.45) is 0 Å². The number of benzene rings is 2. The molecule has 0 fully saturated rings. The van der Waals surface area contributed by atoms with E-state index in [0.717, 1.165) is 38.0 Å². The molecule has 2 amide bonds. The lowest BCUT2D eigenvalue weighted by Crippen LogP contribution is -2.30. The lowest BCUT2D eigenvalue weighted by Gasteiger charge is -2.18. The second kappa shape index (κ2) is 6.25. The van der Waals surface area contributed by atoms with Crippen molar-refractivity contribution in [3.8, 4) is 11.5 Å². The number of urea groups is 1. The molecule has 0 atom stereocenters. The number of aryl methyl sites for hydroxylation is 1. The standard InChI is InChI=1S/C18H17N3O3S/c1-11-19-14-5-4-13(8-17(14)25-11)20-18(22)21(2)9-12-3-6-15-16(7-12)24-10-23-15/h3-8H,9-10H2,1-2H3,(H,20,22). The number of nitrogens with zero attached hydrogens (tertiary/aromatic N) is 2. The Morgan fingerprint density at radius 3 is 2.96 bits per heavy atom. The minimum atomic E-state index is -0.168. The summed E-state index contributed by atoms with van der Waals surface area (Å²) in [6.45, 7) is 2.70. The Morgan fingerprint density at radius 1 is 1.24 bits per heavy atom. The summed E-state index contributed by atoms with van der Waals surface area (Å²) in [5.41, 5.74) is 2.70. The van der Waals surface area contributed by atoms with Crippen molar-refractivity contribution in [1.29, 1.82) is 0 Å². The highest BCUT2D eigenvalue weighted by molar-refractivity contribution is 7.18. The van der Waals surface area contributed by atoms with E-state index >= 15 is 0 Å². The van der Waals surface area contributed by atoms with Crippen molar-refractivity contribution in [2.75, 3.05) is 19.2 Å². The molecule has 1 aromatic heterocycles. The number of hydrogen-bond acceptors (Lipinski definition) is 5. The van der Waals surface area contributed by atoms with Gasteiger partial charge in [0.2, 0.25) is 6.79 Å². The Balaban J connectivity index is 1.44. The zero-order valence-electron chi connectivity index (χ0n) is 13.9. The largest absolute Gasteiger partial charge is 0.454 e. The van der Waals surface area contributed by atoms with Crippen molar-refractivity contribution in [2.45, 2.75) is 13.5 Å². The Morgan fingerprint density at radius 2 is 2.08 bits per heavy atom. The van der Waals surface area contributed by atoms with Gasteiger partial charge in [0.05, 0.1) is 15.2 Å². The number of aromatic nitrogens is 1. The molecule has 6 nitrogen and oxygen atoms in total. The summed E-state index contributed by atoms with van der Waals surface area (Å²) >= 11 is 1.61. The summed E-state index contributed by atoms with van der Waals surface area (Å²) < 4.78 is 11.7. The van der Waals surface area contributed by atoms with E-state index in [9.17, 15) is 4.79 Å². The summed E-state index contributed by atoms with van der Waals surface area (Å²) in [6.07, 6.45) is 0. The predicted octanol–water partition coefficient (Wildman–Crippen LogP) is 4.00. The molecule has 1 aliphatic heterocycles. The molecule has 2 aromatic carbocycles. The molecule has 128 valence electrons. The van der Waals surface area contributed by atoms with Crippen molar-refractivity contribution >= 4 is 33.3 Å². The zero-order chi connectivity index (χ0) is 17.4. The van der Waals surface area contributed by atoms with Crippen molar-refractivity contribution < 1.29 is 14.3 Å². The van der Waals surface area contributed by atoms with Gasteiger partial charge in [0.15, 0.2) is 11.5 Å². The molecule has 0 saturated carbocycles. The summed E-state index contributed by atoms with van der Waals surface area (Å²) in [5, 5.41) is 3.94. The van der Waals surface area contributed by atoms with Gasteiger partial charge >= 0.3 is 6.03 Å². The van der Waals surface area contributed by atoms with Crippen LogP contribution in [-0.4, -0.2) is 29.8 Å². The number of carbonyl (C=O) groups excluding carboxylic acids is 1. The van der Waals surface area contributed by atoms with E-state index in [4.69, 9.17) is 9.47 Å². The van der Waals surface area contributed by atoms with Gasteiger partial charge < -0.3 is 19.7 Å². The maximum absolute atomic E-state index is 12.4. The molecular weight excluding hydrogens is 338 g/mol. The minimum absolute atomic E-state index is 0.168. The third-order valence-corrected chi connectivity index (χ3v) is 4.88. The van der Waals surface area contributed by atoms with Crippen LogP contribution in [0.5, 0.6) is 11.5 Å². The lowest BCUT2D eigenvalue weighted by molar-refractivity contribution is 0.174. The molecule has 0 radical (unpaired) electrons. The van der Waals surface area contributed by atoms with Gasteiger partial charge in [0, 0.05) is 19.3 Å². The van der Waals surface area contributed by atoms with Crippen LogP contribution >= 0.6 is 11.3 Å². The fraction of sp³-hybridized carbons (Fsp3) is 0.222. The van der Waals surface area contributed by atoms with Gasteiger partial charge in [-0.15, -0.1) is 11.3 Å². The van der Waals surface area contributed by atoms with Crippen LogP contribution in [0.15, 0.2) is 36.4 Å². The van der Waals surface area contributed by atoms with Gasteiger partial charge in [-0.2, -0.15) is 0 Å². The fourth-order valence-electron chi connectivity index (χ4n) is 2.72. The third-order valence-electron chi connectivity index (χ3n) is 3.95. The molecule has 0 aliphatic carbocycles. The van der Waals surface area contributed by atoms with E-state index in [1.54, 1.807) is 23.3 Å². The quantitative estimate of drug-likeness (QED) is 0.771. The van der Waals surface area contributed by atoms with E-state index < -0.39 is 0 Å². The molecule has 0 unspecified atom stereocenters. The molecule has 0 saturated heterocycles. The topological polar surface area (TPSA) is 63.7 Å². The molecule has 25 heavy (non-hydrogen) atoms. The first-order chi connectivity index (χ1) is 12.1. The minimum Gasteiger partial charge on any atom is -0.454 e. The van der Waals surface area contributed by atoms with Gasteiger partial charge in [0.25, 0.3) is 0 Å². The Bertz CT molecular complexity index is 954. The number of amides is 2. The van der Waals surface area contributed by atoms with Gasteiger partial charge in [-0.05, 0) is 42.8 Å².